The minimum absolute atomic E-state index is 0.0511. The third-order valence-corrected chi connectivity index (χ3v) is 2.78. The van der Waals surface area contributed by atoms with Crippen molar-refractivity contribution in [1.82, 2.24) is 14.4 Å². The summed E-state index contributed by atoms with van der Waals surface area (Å²) in [7, 11) is 0. The van der Waals surface area contributed by atoms with E-state index < -0.39 is 0 Å². The van der Waals surface area contributed by atoms with Crippen molar-refractivity contribution in [2.75, 3.05) is 6.54 Å². The van der Waals surface area contributed by atoms with Gasteiger partial charge in [-0.25, -0.2) is 4.98 Å². The average Bonchev–Trinajstić information content (AvgIpc) is 2.61. The van der Waals surface area contributed by atoms with Crippen molar-refractivity contribution in [3.05, 3.63) is 30.5 Å². The van der Waals surface area contributed by atoms with Crippen LogP contribution in [0.1, 0.15) is 26.0 Å². The first-order valence-electron chi connectivity index (χ1n) is 5.13. The van der Waals surface area contributed by atoms with Gasteiger partial charge in [0.15, 0.2) is 5.65 Å². The molecule has 4 heteroatoms. The summed E-state index contributed by atoms with van der Waals surface area (Å²) >= 11 is 0. The number of nitrogens with two attached hydrogens (primary N) is 1. The molecule has 0 aliphatic heterocycles. The van der Waals surface area contributed by atoms with E-state index in [9.17, 15) is 0 Å². The van der Waals surface area contributed by atoms with Gasteiger partial charge in [0.1, 0.15) is 0 Å². The lowest BCUT2D eigenvalue weighted by molar-refractivity contribution is 0.469. The Balaban J connectivity index is 2.52. The second-order valence-corrected chi connectivity index (χ2v) is 4.37. The first kappa shape index (κ1) is 10.1. The predicted molar refractivity (Wildman–Crippen MR) is 59.7 cm³/mol. The molecule has 80 valence electrons. The van der Waals surface area contributed by atoms with Crippen LogP contribution in [0.2, 0.25) is 0 Å². The fourth-order valence-corrected chi connectivity index (χ4v) is 1.83. The second-order valence-electron chi connectivity index (χ2n) is 4.37. The summed E-state index contributed by atoms with van der Waals surface area (Å²) in [6.45, 7) is 5.05. The highest BCUT2D eigenvalue weighted by atomic mass is 15.0. The minimum atomic E-state index is 0.0511. The quantitative estimate of drug-likeness (QED) is 0.821. The molecule has 2 aromatic rings. The zero-order valence-corrected chi connectivity index (χ0v) is 9.14. The van der Waals surface area contributed by atoms with E-state index in [1.165, 1.54) is 5.69 Å². The molecule has 2 rings (SSSR count). The van der Waals surface area contributed by atoms with E-state index in [0.717, 1.165) is 12.1 Å². The Morgan fingerprint density at radius 3 is 2.93 bits per heavy atom. The van der Waals surface area contributed by atoms with Crippen LogP contribution in [0, 0.1) is 0 Å². The van der Waals surface area contributed by atoms with Gasteiger partial charge in [-0.1, -0.05) is 13.8 Å². The van der Waals surface area contributed by atoms with E-state index in [0.29, 0.717) is 6.54 Å². The van der Waals surface area contributed by atoms with E-state index in [-0.39, 0.29) is 5.41 Å². The minimum Gasteiger partial charge on any atom is -0.330 e. The molecule has 0 radical (unpaired) electrons. The smallest absolute Gasteiger partial charge is 0.155 e. The van der Waals surface area contributed by atoms with Gasteiger partial charge >= 0.3 is 0 Å². The van der Waals surface area contributed by atoms with Gasteiger partial charge in [0.25, 0.3) is 0 Å². The number of fused-ring (bicyclic) bond motifs is 1. The lowest BCUT2D eigenvalue weighted by atomic mass is 9.86. The number of aromatic nitrogens is 3. The normalized spacial score (nSPS) is 12.2. The molecule has 0 aliphatic rings. The Kier molecular flexibility index (Phi) is 2.44. The predicted octanol–water partition coefficient (Wildman–Crippen LogP) is 1.36. The maximum absolute atomic E-state index is 5.62. The van der Waals surface area contributed by atoms with Crippen molar-refractivity contribution < 1.29 is 0 Å². The molecule has 0 saturated heterocycles. The van der Waals surface area contributed by atoms with Crippen LogP contribution in [0.3, 0.4) is 0 Å². The van der Waals surface area contributed by atoms with E-state index >= 15 is 0 Å². The van der Waals surface area contributed by atoms with E-state index in [2.05, 4.69) is 28.2 Å². The number of nitrogens with zero attached hydrogens (tertiary/aromatic N) is 3. The molecule has 0 unspecified atom stereocenters. The van der Waals surface area contributed by atoms with E-state index in [1.807, 2.05) is 12.4 Å². The lowest BCUT2D eigenvalue weighted by Gasteiger charge is -2.23. The van der Waals surface area contributed by atoms with Gasteiger partial charge < -0.3 is 10.1 Å². The van der Waals surface area contributed by atoms with Crippen LogP contribution in [0.5, 0.6) is 0 Å². The summed E-state index contributed by atoms with van der Waals surface area (Å²) in [6, 6.07) is 0. The van der Waals surface area contributed by atoms with Gasteiger partial charge in [0.2, 0.25) is 0 Å². The van der Waals surface area contributed by atoms with Gasteiger partial charge in [0.05, 0.1) is 6.20 Å². The lowest BCUT2D eigenvalue weighted by Crippen LogP contribution is -2.23. The van der Waals surface area contributed by atoms with Gasteiger partial charge in [-0.2, -0.15) is 0 Å². The average molecular weight is 204 g/mol. The van der Waals surface area contributed by atoms with Crippen LogP contribution in [0.25, 0.3) is 5.65 Å². The van der Waals surface area contributed by atoms with Gasteiger partial charge in [-0.05, 0) is 13.0 Å². The Hall–Kier alpha value is -1.42. The van der Waals surface area contributed by atoms with Crippen molar-refractivity contribution in [2.24, 2.45) is 5.73 Å². The van der Waals surface area contributed by atoms with Crippen LogP contribution < -0.4 is 5.73 Å². The molecular formula is C11H16N4. The first-order chi connectivity index (χ1) is 7.15. The summed E-state index contributed by atoms with van der Waals surface area (Å²) in [5, 5.41) is 0. The molecular weight excluding hydrogens is 188 g/mol. The molecule has 4 nitrogen and oxygen atoms in total. The monoisotopic (exact) mass is 204 g/mol. The standard InChI is InChI=1S/C11H16N4/c1-11(2,3-4-12)9-7-14-10-8-13-5-6-15(9)10/h5-8H,3-4,12H2,1-2H3. The molecule has 2 N–H and O–H groups in total. The van der Waals surface area contributed by atoms with Crippen LogP contribution in [0.15, 0.2) is 24.8 Å². The third-order valence-electron chi connectivity index (χ3n) is 2.78. The molecule has 15 heavy (non-hydrogen) atoms. The maximum atomic E-state index is 5.62. The van der Waals surface area contributed by atoms with Crippen LogP contribution in [-0.4, -0.2) is 20.9 Å². The number of hydrogen-bond acceptors (Lipinski definition) is 3. The van der Waals surface area contributed by atoms with Crippen molar-refractivity contribution in [3.8, 4) is 0 Å². The summed E-state index contributed by atoms with van der Waals surface area (Å²) in [6.07, 6.45) is 8.34. The van der Waals surface area contributed by atoms with Crippen LogP contribution in [0.4, 0.5) is 0 Å². The molecule has 0 atom stereocenters. The Morgan fingerprint density at radius 1 is 1.40 bits per heavy atom. The highest BCUT2D eigenvalue weighted by Crippen LogP contribution is 2.26. The van der Waals surface area contributed by atoms with Crippen molar-refractivity contribution >= 4 is 5.65 Å². The molecule has 0 amide bonds. The van der Waals surface area contributed by atoms with E-state index in [4.69, 9.17) is 5.73 Å². The summed E-state index contributed by atoms with van der Waals surface area (Å²) in [5.74, 6) is 0. The SMILES string of the molecule is CC(C)(CCN)c1cnc2cnccn12. The van der Waals surface area contributed by atoms with Gasteiger partial charge in [0, 0.05) is 29.7 Å². The zero-order chi connectivity index (χ0) is 10.9. The first-order valence-corrected chi connectivity index (χ1v) is 5.13. The topological polar surface area (TPSA) is 56.2 Å². The van der Waals surface area contributed by atoms with Crippen molar-refractivity contribution in [3.63, 3.8) is 0 Å². The summed E-state index contributed by atoms with van der Waals surface area (Å²) in [5.41, 5.74) is 7.75. The van der Waals surface area contributed by atoms with Crippen molar-refractivity contribution in [2.45, 2.75) is 25.7 Å². The molecule has 0 aromatic carbocycles. The van der Waals surface area contributed by atoms with E-state index in [1.54, 1.807) is 12.4 Å². The number of hydrogen-bond donors (Lipinski definition) is 1. The highest BCUT2D eigenvalue weighted by molar-refractivity contribution is 5.38. The summed E-state index contributed by atoms with van der Waals surface area (Å²) < 4.78 is 2.07. The largest absolute Gasteiger partial charge is 0.330 e. The molecule has 2 heterocycles. The fourth-order valence-electron chi connectivity index (χ4n) is 1.83. The van der Waals surface area contributed by atoms with Crippen LogP contribution in [-0.2, 0) is 5.41 Å². The highest BCUT2D eigenvalue weighted by Gasteiger charge is 2.23. The number of imidazole rings is 1. The molecule has 0 aliphatic carbocycles. The Morgan fingerprint density at radius 2 is 2.20 bits per heavy atom. The fraction of sp³-hybridized carbons (Fsp3) is 0.455. The van der Waals surface area contributed by atoms with Crippen molar-refractivity contribution in [1.29, 1.82) is 0 Å². The van der Waals surface area contributed by atoms with Gasteiger partial charge in [-0.3, -0.25) is 4.98 Å². The maximum Gasteiger partial charge on any atom is 0.155 e. The van der Waals surface area contributed by atoms with Crippen LogP contribution >= 0.6 is 0 Å². The summed E-state index contributed by atoms with van der Waals surface area (Å²) in [4.78, 5) is 8.37. The molecule has 0 spiro atoms. The Labute approximate surface area is 89.2 Å². The second kappa shape index (κ2) is 3.62. The molecule has 0 saturated carbocycles. The molecule has 0 fully saturated rings. The van der Waals surface area contributed by atoms with Gasteiger partial charge in [-0.15, -0.1) is 0 Å². The zero-order valence-electron chi connectivity index (χ0n) is 9.14. The third kappa shape index (κ3) is 1.72. The molecule has 0 bridgehead atoms. The molecule has 2 aromatic heterocycles. The Bertz CT molecular complexity index is 458. The number of rotatable bonds is 3.